The first-order valence-electron chi connectivity index (χ1n) is 7.29. The van der Waals surface area contributed by atoms with E-state index in [1.54, 1.807) is 6.07 Å². The van der Waals surface area contributed by atoms with Gasteiger partial charge < -0.3 is 9.88 Å². The number of benzene rings is 1. The predicted octanol–water partition coefficient (Wildman–Crippen LogP) is 1.99. The van der Waals surface area contributed by atoms with Gasteiger partial charge in [-0.25, -0.2) is 9.37 Å². The van der Waals surface area contributed by atoms with Gasteiger partial charge in [0.2, 0.25) is 0 Å². The number of piperazine rings is 1. The summed E-state index contributed by atoms with van der Waals surface area (Å²) in [5.74, 6) is 0.727. The Kier molecular flexibility index (Phi) is 3.72. The molecule has 20 heavy (non-hydrogen) atoms. The van der Waals surface area contributed by atoms with Crippen LogP contribution in [0.4, 0.5) is 4.39 Å². The summed E-state index contributed by atoms with van der Waals surface area (Å²) < 4.78 is 16.0. The molecule has 1 aromatic heterocycles. The summed E-state index contributed by atoms with van der Waals surface area (Å²) >= 11 is 0. The van der Waals surface area contributed by atoms with Gasteiger partial charge in [0, 0.05) is 32.2 Å². The largest absolute Gasteiger partial charge is 0.327 e. The van der Waals surface area contributed by atoms with Gasteiger partial charge in [0.25, 0.3) is 0 Å². The number of hydrogen-bond donors (Lipinski definition) is 1. The van der Waals surface area contributed by atoms with Crippen LogP contribution in [0.25, 0.3) is 11.0 Å². The Morgan fingerprint density at radius 1 is 1.45 bits per heavy atom. The van der Waals surface area contributed by atoms with Gasteiger partial charge in [-0.3, -0.25) is 4.90 Å². The molecule has 0 amide bonds. The van der Waals surface area contributed by atoms with Crippen molar-refractivity contribution in [2.45, 2.75) is 33.0 Å². The van der Waals surface area contributed by atoms with Gasteiger partial charge in [0.15, 0.2) is 5.82 Å². The SMILES string of the molecule is CCn1c(CN2CCNC[C@H]2C)nc2c(F)cccc21. The lowest BCUT2D eigenvalue weighted by Crippen LogP contribution is -2.49. The number of aromatic nitrogens is 2. The lowest BCUT2D eigenvalue weighted by atomic mass is 10.2. The maximum absolute atomic E-state index is 13.9. The Labute approximate surface area is 118 Å². The van der Waals surface area contributed by atoms with Crippen LogP contribution < -0.4 is 5.32 Å². The average molecular weight is 276 g/mol. The van der Waals surface area contributed by atoms with Gasteiger partial charge in [0.1, 0.15) is 11.3 Å². The summed E-state index contributed by atoms with van der Waals surface area (Å²) in [5.41, 5.74) is 1.39. The number of halogens is 1. The van der Waals surface area contributed by atoms with E-state index in [1.807, 2.05) is 6.07 Å². The third-order valence-corrected chi connectivity index (χ3v) is 4.11. The molecule has 1 aliphatic heterocycles. The highest BCUT2D eigenvalue weighted by Gasteiger charge is 2.21. The van der Waals surface area contributed by atoms with Crippen molar-refractivity contribution in [1.29, 1.82) is 0 Å². The minimum Gasteiger partial charge on any atom is -0.327 e. The van der Waals surface area contributed by atoms with Crippen LogP contribution in [-0.4, -0.2) is 40.1 Å². The summed E-state index contributed by atoms with van der Waals surface area (Å²) in [6.07, 6.45) is 0. The molecule has 0 aliphatic carbocycles. The molecule has 108 valence electrons. The van der Waals surface area contributed by atoms with Gasteiger partial charge in [-0.15, -0.1) is 0 Å². The van der Waals surface area contributed by atoms with Crippen LogP contribution in [0.5, 0.6) is 0 Å². The van der Waals surface area contributed by atoms with Crippen molar-refractivity contribution in [3.8, 4) is 0 Å². The Bertz CT molecular complexity index is 607. The molecule has 4 nitrogen and oxygen atoms in total. The molecule has 1 saturated heterocycles. The third kappa shape index (κ3) is 2.31. The minimum atomic E-state index is -0.232. The molecular weight excluding hydrogens is 255 g/mol. The normalized spacial score (nSPS) is 20.6. The number of para-hydroxylation sites is 1. The zero-order valence-corrected chi connectivity index (χ0v) is 12.1. The quantitative estimate of drug-likeness (QED) is 0.930. The molecule has 3 rings (SSSR count). The minimum absolute atomic E-state index is 0.232. The second-order valence-corrected chi connectivity index (χ2v) is 5.40. The zero-order valence-electron chi connectivity index (χ0n) is 12.1. The molecule has 1 aromatic carbocycles. The molecule has 0 unspecified atom stereocenters. The highest BCUT2D eigenvalue weighted by Crippen LogP contribution is 2.21. The van der Waals surface area contributed by atoms with E-state index >= 15 is 0 Å². The standard InChI is InChI=1S/C15H21FN4/c1-3-20-13-6-4-5-12(16)15(13)18-14(20)10-19-8-7-17-9-11(19)2/h4-6,11,17H,3,7-10H2,1-2H3/t11-/m1/s1. The summed E-state index contributed by atoms with van der Waals surface area (Å²) in [4.78, 5) is 6.94. The van der Waals surface area contributed by atoms with Crippen LogP contribution >= 0.6 is 0 Å². The molecule has 1 N–H and O–H groups in total. The van der Waals surface area contributed by atoms with Gasteiger partial charge in [0.05, 0.1) is 12.1 Å². The van der Waals surface area contributed by atoms with Crippen molar-refractivity contribution in [3.63, 3.8) is 0 Å². The maximum atomic E-state index is 13.9. The van der Waals surface area contributed by atoms with E-state index in [1.165, 1.54) is 6.07 Å². The first-order chi connectivity index (χ1) is 9.70. The van der Waals surface area contributed by atoms with E-state index in [-0.39, 0.29) is 5.82 Å². The monoisotopic (exact) mass is 276 g/mol. The van der Waals surface area contributed by atoms with E-state index < -0.39 is 0 Å². The zero-order chi connectivity index (χ0) is 14.1. The first kappa shape index (κ1) is 13.5. The molecular formula is C15H21FN4. The molecule has 1 aliphatic rings. The molecule has 0 radical (unpaired) electrons. The van der Waals surface area contributed by atoms with Crippen LogP contribution in [0.1, 0.15) is 19.7 Å². The third-order valence-electron chi connectivity index (χ3n) is 4.11. The Morgan fingerprint density at radius 2 is 2.30 bits per heavy atom. The molecule has 2 aromatic rings. The van der Waals surface area contributed by atoms with E-state index in [2.05, 4.69) is 33.6 Å². The fourth-order valence-corrected chi connectivity index (χ4v) is 2.93. The Balaban J connectivity index is 1.96. The van der Waals surface area contributed by atoms with Gasteiger partial charge in [-0.05, 0) is 26.0 Å². The average Bonchev–Trinajstić information content (AvgIpc) is 2.80. The highest BCUT2D eigenvalue weighted by atomic mass is 19.1. The Hall–Kier alpha value is -1.46. The van der Waals surface area contributed by atoms with Crippen LogP contribution in [-0.2, 0) is 13.1 Å². The summed E-state index contributed by atoms with van der Waals surface area (Å²) in [6.45, 7) is 8.91. The number of nitrogens with one attached hydrogen (secondary N) is 1. The topological polar surface area (TPSA) is 33.1 Å². The van der Waals surface area contributed by atoms with E-state index in [9.17, 15) is 4.39 Å². The molecule has 0 spiro atoms. The second-order valence-electron chi connectivity index (χ2n) is 5.40. The summed E-state index contributed by atoms with van der Waals surface area (Å²) in [5, 5.41) is 3.39. The van der Waals surface area contributed by atoms with Crippen molar-refractivity contribution in [2.24, 2.45) is 0 Å². The Morgan fingerprint density at radius 3 is 3.05 bits per heavy atom. The number of nitrogens with zero attached hydrogens (tertiary/aromatic N) is 3. The number of fused-ring (bicyclic) bond motifs is 1. The highest BCUT2D eigenvalue weighted by molar-refractivity contribution is 5.76. The van der Waals surface area contributed by atoms with Crippen molar-refractivity contribution in [3.05, 3.63) is 29.8 Å². The van der Waals surface area contributed by atoms with Gasteiger partial charge >= 0.3 is 0 Å². The molecule has 1 atom stereocenters. The van der Waals surface area contributed by atoms with E-state index in [0.717, 1.165) is 44.1 Å². The van der Waals surface area contributed by atoms with Crippen molar-refractivity contribution in [1.82, 2.24) is 19.8 Å². The molecule has 1 fully saturated rings. The summed E-state index contributed by atoms with van der Waals surface area (Å²) in [6, 6.07) is 5.66. The van der Waals surface area contributed by atoms with Crippen LogP contribution in [0.2, 0.25) is 0 Å². The summed E-state index contributed by atoms with van der Waals surface area (Å²) in [7, 11) is 0. The van der Waals surface area contributed by atoms with Crippen LogP contribution in [0.15, 0.2) is 18.2 Å². The van der Waals surface area contributed by atoms with Crippen molar-refractivity contribution < 1.29 is 4.39 Å². The molecule has 0 bridgehead atoms. The molecule has 0 saturated carbocycles. The smallest absolute Gasteiger partial charge is 0.151 e. The molecule has 5 heteroatoms. The van der Waals surface area contributed by atoms with Crippen molar-refractivity contribution in [2.75, 3.05) is 19.6 Å². The maximum Gasteiger partial charge on any atom is 0.151 e. The van der Waals surface area contributed by atoms with Crippen LogP contribution in [0.3, 0.4) is 0 Å². The van der Waals surface area contributed by atoms with Gasteiger partial charge in [-0.1, -0.05) is 6.07 Å². The number of hydrogen-bond acceptors (Lipinski definition) is 3. The lowest BCUT2D eigenvalue weighted by Gasteiger charge is -2.33. The number of rotatable bonds is 3. The van der Waals surface area contributed by atoms with E-state index in [0.29, 0.717) is 11.6 Å². The predicted molar refractivity (Wildman–Crippen MR) is 78.1 cm³/mol. The first-order valence-corrected chi connectivity index (χ1v) is 7.29. The van der Waals surface area contributed by atoms with Crippen molar-refractivity contribution >= 4 is 11.0 Å². The fourth-order valence-electron chi connectivity index (χ4n) is 2.93. The lowest BCUT2D eigenvalue weighted by molar-refractivity contribution is 0.160. The number of aryl methyl sites for hydroxylation is 1. The second kappa shape index (κ2) is 5.50. The van der Waals surface area contributed by atoms with Gasteiger partial charge in [-0.2, -0.15) is 0 Å². The number of imidazole rings is 1. The van der Waals surface area contributed by atoms with Crippen LogP contribution in [0, 0.1) is 5.82 Å². The van der Waals surface area contributed by atoms with E-state index in [4.69, 9.17) is 0 Å². The molecule has 2 heterocycles. The fraction of sp³-hybridized carbons (Fsp3) is 0.533.